The maximum Gasteiger partial charge on any atom is 0.258 e. The molecule has 0 saturated heterocycles. The molecule has 0 spiro atoms. The van der Waals surface area contributed by atoms with Crippen LogP contribution < -0.4 is 9.47 Å². The third-order valence-electron chi connectivity index (χ3n) is 4.28. The summed E-state index contributed by atoms with van der Waals surface area (Å²) in [4.78, 5) is 6.72. The number of hydrogen-bond acceptors (Lipinski definition) is 6. The van der Waals surface area contributed by atoms with E-state index in [0.717, 1.165) is 24.1 Å². The first-order valence-corrected chi connectivity index (χ1v) is 9.58. The van der Waals surface area contributed by atoms with Crippen LogP contribution in [-0.2, 0) is 6.42 Å². The van der Waals surface area contributed by atoms with Crippen molar-refractivity contribution in [2.24, 2.45) is 0 Å². The van der Waals surface area contributed by atoms with E-state index in [1.807, 2.05) is 44.2 Å². The third kappa shape index (κ3) is 4.89. The van der Waals surface area contributed by atoms with Gasteiger partial charge in [-0.05, 0) is 58.1 Å². The van der Waals surface area contributed by atoms with Gasteiger partial charge in [-0.2, -0.15) is 4.98 Å². The van der Waals surface area contributed by atoms with Crippen LogP contribution in [0, 0.1) is 0 Å². The highest BCUT2D eigenvalue weighted by atomic mass is 16.5. The minimum Gasteiger partial charge on any atom is -0.490 e. The average Bonchev–Trinajstić information content (AvgIpc) is 3.19. The summed E-state index contributed by atoms with van der Waals surface area (Å²) in [5.41, 5.74) is 3.02. The second kappa shape index (κ2) is 9.37. The van der Waals surface area contributed by atoms with Crippen molar-refractivity contribution in [3.63, 3.8) is 0 Å². The minimum atomic E-state index is 0.454. The monoisotopic (exact) mass is 381 g/mol. The maximum atomic E-state index is 5.68. The quantitative estimate of drug-likeness (QED) is 0.551. The van der Waals surface area contributed by atoms with Crippen molar-refractivity contribution in [3.05, 3.63) is 48.0 Å². The summed E-state index contributed by atoms with van der Waals surface area (Å²) < 4.78 is 16.8. The Balaban J connectivity index is 1.79. The third-order valence-corrected chi connectivity index (χ3v) is 4.28. The fourth-order valence-corrected chi connectivity index (χ4v) is 2.82. The molecule has 0 aliphatic heterocycles. The van der Waals surface area contributed by atoms with Crippen molar-refractivity contribution in [2.75, 3.05) is 33.9 Å². The molecule has 0 fully saturated rings. The summed E-state index contributed by atoms with van der Waals surface area (Å²) >= 11 is 0. The van der Waals surface area contributed by atoms with Gasteiger partial charge in [0.25, 0.3) is 5.89 Å². The number of benzene rings is 2. The van der Waals surface area contributed by atoms with Gasteiger partial charge < -0.3 is 18.9 Å². The summed E-state index contributed by atoms with van der Waals surface area (Å²) in [7, 11) is 4.15. The predicted octanol–water partition coefficient (Wildman–Crippen LogP) is 4.31. The van der Waals surface area contributed by atoms with Gasteiger partial charge in [0, 0.05) is 17.7 Å². The lowest BCUT2D eigenvalue weighted by atomic mass is 10.1. The zero-order valence-corrected chi connectivity index (χ0v) is 16.9. The zero-order valence-electron chi connectivity index (χ0n) is 16.9. The lowest BCUT2D eigenvalue weighted by Crippen LogP contribution is -2.14. The van der Waals surface area contributed by atoms with E-state index < -0.39 is 0 Å². The smallest absolute Gasteiger partial charge is 0.258 e. The molecule has 1 heterocycles. The molecule has 0 saturated carbocycles. The molecule has 0 atom stereocenters. The Morgan fingerprint density at radius 2 is 1.57 bits per heavy atom. The van der Waals surface area contributed by atoms with Crippen LogP contribution in [0.4, 0.5) is 0 Å². The van der Waals surface area contributed by atoms with Gasteiger partial charge in [0.2, 0.25) is 5.82 Å². The Morgan fingerprint density at radius 3 is 2.25 bits per heavy atom. The van der Waals surface area contributed by atoms with E-state index in [1.54, 1.807) is 0 Å². The lowest BCUT2D eigenvalue weighted by Gasteiger charge is -2.11. The minimum absolute atomic E-state index is 0.454. The molecule has 148 valence electrons. The second-order valence-corrected chi connectivity index (χ2v) is 6.70. The summed E-state index contributed by atoms with van der Waals surface area (Å²) in [6, 6.07) is 13.9. The van der Waals surface area contributed by atoms with Gasteiger partial charge in [-0.1, -0.05) is 29.4 Å². The summed E-state index contributed by atoms with van der Waals surface area (Å²) in [6.45, 7) is 6.04. The van der Waals surface area contributed by atoms with Crippen LogP contribution in [0.15, 0.2) is 47.0 Å². The largest absolute Gasteiger partial charge is 0.490 e. The van der Waals surface area contributed by atoms with E-state index in [-0.39, 0.29) is 0 Å². The van der Waals surface area contributed by atoms with Crippen molar-refractivity contribution in [1.29, 1.82) is 0 Å². The molecule has 6 heteroatoms. The van der Waals surface area contributed by atoms with Crippen LogP contribution in [0.2, 0.25) is 0 Å². The van der Waals surface area contributed by atoms with Crippen molar-refractivity contribution in [3.8, 4) is 34.3 Å². The number of likely N-dealkylation sites (N-methyl/N-ethyl adjacent to an activating group) is 1. The van der Waals surface area contributed by atoms with Crippen molar-refractivity contribution >= 4 is 0 Å². The molecular formula is C22H27N3O3. The number of nitrogens with zero attached hydrogens (tertiary/aromatic N) is 3. The van der Waals surface area contributed by atoms with Crippen LogP contribution in [0.3, 0.4) is 0 Å². The predicted molar refractivity (Wildman–Crippen MR) is 110 cm³/mol. The van der Waals surface area contributed by atoms with Crippen LogP contribution in [-0.4, -0.2) is 48.9 Å². The standard InChI is InChI=1S/C22H27N3O3/c1-5-26-19-12-11-18(15-20(19)27-6-2)22-23-21(24-28-22)17-9-7-16(8-10-17)13-14-25(3)4/h7-12,15H,5-6,13-14H2,1-4H3. The first-order valence-electron chi connectivity index (χ1n) is 9.58. The summed E-state index contributed by atoms with van der Waals surface area (Å²) in [5, 5.41) is 4.13. The van der Waals surface area contributed by atoms with E-state index >= 15 is 0 Å². The zero-order chi connectivity index (χ0) is 19.9. The molecular weight excluding hydrogens is 354 g/mol. The summed E-state index contributed by atoms with van der Waals surface area (Å²) in [5.74, 6) is 2.41. The molecule has 0 radical (unpaired) electrons. The first-order chi connectivity index (χ1) is 13.6. The Hall–Kier alpha value is -2.86. The highest BCUT2D eigenvalue weighted by Crippen LogP contribution is 2.33. The molecule has 0 amide bonds. The number of hydrogen-bond donors (Lipinski definition) is 0. The van der Waals surface area contributed by atoms with Gasteiger partial charge in [0.15, 0.2) is 11.5 Å². The first kappa shape index (κ1) is 19.9. The van der Waals surface area contributed by atoms with Crippen LogP contribution in [0.1, 0.15) is 19.4 Å². The van der Waals surface area contributed by atoms with Gasteiger partial charge in [-0.3, -0.25) is 0 Å². The van der Waals surface area contributed by atoms with Crippen LogP contribution >= 0.6 is 0 Å². The molecule has 3 rings (SSSR count). The highest BCUT2D eigenvalue weighted by Gasteiger charge is 2.14. The molecule has 0 bridgehead atoms. The normalized spacial score (nSPS) is 11.0. The summed E-state index contributed by atoms with van der Waals surface area (Å²) in [6.07, 6.45) is 1.01. The van der Waals surface area contributed by atoms with E-state index in [0.29, 0.717) is 36.4 Å². The molecule has 0 N–H and O–H groups in total. The van der Waals surface area contributed by atoms with Gasteiger partial charge in [0.1, 0.15) is 0 Å². The number of rotatable bonds is 9. The molecule has 0 aliphatic rings. The molecule has 2 aromatic carbocycles. The molecule has 6 nitrogen and oxygen atoms in total. The molecule has 3 aromatic rings. The molecule has 1 aromatic heterocycles. The van der Waals surface area contributed by atoms with Gasteiger partial charge in [-0.25, -0.2) is 0 Å². The van der Waals surface area contributed by atoms with E-state index in [9.17, 15) is 0 Å². The van der Waals surface area contributed by atoms with Crippen LogP contribution in [0.25, 0.3) is 22.8 Å². The fourth-order valence-electron chi connectivity index (χ4n) is 2.82. The molecule has 0 aliphatic carbocycles. The Kier molecular flexibility index (Phi) is 6.66. The fraction of sp³-hybridized carbons (Fsp3) is 0.364. The molecule has 28 heavy (non-hydrogen) atoms. The number of aromatic nitrogens is 2. The highest BCUT2D eigenvalue weighted by molar-refractivity contribution is 5.63. The number of ether oxygens (including phenoxy) is 2. The van der Waals surface area contributed by atoms with E-state index in [4.69, 9.17) is 14.0 Å². The van der Waals surface area contributed by atoms with Crippen molar-refractivity contribution in [1.82, 2.24) is 15.0 Å². The van der Waals surface area contributed by atoms with Crippen molar-refractivity contribution < 1.29 is 14.0 Å². The lowest BCUT2D eigenvalue weighted by molar-refractivity contribution is 0.288. The molecule has 0 unspecified atom stereocenters. The maximum absolute atomic E-state index is 5.68. The van der Waals surface area contributed by atoms with E-state index in [2.05, 4.69) is 41.3 Å². The SMILES string of the molecule is CCOc1ccc(-c2nc(-c3ccc(CCN(C)C)cc3)no2)cc1OCC. The Bertz CT molecular complexity index is 888. The Morgan fingerprint density at radius 1 is 0.893 bits per heavy atom. The van der Waals surface area contributed by atoms with Crippen molar-refractivity contribution in [2.45, 2.75) is 20.3 Å². The van der Waals surface area contributed by atoms with Gasteiger partial charge in [0.05, 0.1) is 13.2 Å². The second-order valence-electron chi connectivity index (χ2n) is 6.70. The van der Waals surface area contributed by atoms with Gasteiger partial charge in [-0.15, -0.1) is 0 Å². The van der Waals surface area contributed by atoms with Gasteiger partial charge >= 0.3 is 0 Å². The topological polar surface area (TPSA) is 60.6 Å². The Labute approximate surface area is 166 Å². The average molecular weight is 381 g/mol. The van der Waals surface area contributed by atoms with Crippen LogP contribution in [0.5, 0.6) is 11.5 Å². The van der Waals surface area contributed by atoms with E-state index in [1.165, 1.54) is 5.56 Å².